The van der Waals surface area contributed by atoms with Gasteiger partial charge in [-0.3, -0.25) is 4.79 Å². The van der Waals surface area contributed by atoms with E-state index < -0.39 is 0 Å². The van der Waals surface area contributed by atoms with E-state index >= 15 is 0 Å². The molecule has 1 rings (SSSR count). The van der Waals surface area contributed by atoms with Crippen LogP contribution >= 0.6 is 0 Å². The molecule has 0 spiro atoms. The topological polar surface area (TPSA) is 78.9 Å². The maximum absolute atomic E-state index is 12.3. The highest BCUT2D eigenvalue weighted by Gasteiger charge is 2.22. The van der Waals surface area contributed by atoms with Crippen LogP contribution in [0.3, 0.4) is 0 Å². The summed E-state index contributed by atoms with van der Waals surface area (Å²) in [5.41, 5.74) is 5.47. The van der Waals surface area contributed by atoms with Crippen molar-refractivity contribution in [1.29, 1.82) is 0 Å². The van der Waals surface area contributed by atoms with Gasteiger partial charge in [0.05, 0.1) is 0 Å². The van der Waals surface area contributed by atoms with Gasteiger partial charge in [-0.2, -0.15) is 0 Å². The summed E-state index contributed by atoms with van der Waals surface area (Å²) in [6, 6.07) is 0.155. The number of carbonyl (C=O) groups is 1. The van der Waals surface area contributed by atoms with Gasteiger partial charge in [0.2, 0.25) is 5.91 Å². The molecule has 19 heavy (non-hydrogen) atoms. The van der Waals surface area contributed by atoms with Gasteiger partial charge in [-0.1, -0.05) is 24.4 Å². The van der Waals surface area contributed by atoms with Gasteiger partial charge in [-0.25, -0.2) is 0 Å². The van der Waals surface area contributed by atoms with Crippen molar-refractivity contribution in [2.75, 3.05) is 6.54 Å². The number of oxime groups is 1. The Balaban J connectivity index is 2.47. The van der Waals surface area contributed by atoms with Crippen molar-refractivity contribution in [3.05, 3.63) is 0 Å². The lowest BCUT2D eigenvalue weighted by atomic mass is 9.86. The highest BCUT2D eigenvalue weighted by Crippen LogP contribution is 2.27. The Morgan fingerprint density at radius 3 is 2.53 bits per heavy atom. The Bertz CT molecular complexity index is 310. The highest BCUT2D eigenvalue weighted by molar-refractivity contribution is 5.81. The van der Waals surface area contributed by atoms with Gasteiger partial charge in [0.1, 0.15) is 5.84 Å². The number of rotatable bonds is 6. The minimum absolute atomic E-state index is 0.155. The van der Waals surface area contributed by atoms with Gasteiger partial charge < -0.3 is 15.8 Å². The summed E-state index contributed by atoms with van der Waals surface area (Å²) >= 11 is 0. The van der Waals surface area contributed by atoms with E-state index in [-0.39, 0.29) is 17.8 Å². The van der Waals surface area contributed by atoms with E-state index in [1.54, 1.807) is 0 Å². The minimum Gasteiger partial charge on any atom is -0.409 e. The third-order valence-electron chi connectivity index (χ3n) is 3.87. The lowest BCUT2D eigenvalue weighted by Gasteiger charge is -2.29. The number of hydrogen-bond acceptors (Lipinski definition) is 3. The molecule has 0 radical (unpaired) electrons. The van der Waals surface area contributed by atoms with Crippen LogP contribution in [0.25, 0.3) is 0 Å². The molecule has 0 unspecified atom stereocenters. The van der Waals surface area contributed by atoms with E-state index in [1.807, 2.05) is 18.7 Å². The average Bonchev–Trinajstić information content (AvgIpc) is 2.39. The molecule has 0 aromatic rings. The van der Waals surface area contributed by atoms with Crippen molar-refractivity contribution < 1.29 is 10.0 Å². The Morgan fingerprint density at radius 1 is 1.37 bits per heavy atom. The molecule has 0 aromatic carbocycles. The van der Waals surface area contributed by atoms with Crippen molar-refractivity contribution in [3.8, 4) is 0 Å². The second kappa shape index (κ2) is 8.02. The molecule has 0 atom stereocenters. The zero-order chi connectivity index (χ0) is 14.3. The number of hydrogen-bond donors (Lipinski definition) is 2. The first-order valence-electron chi connectivity index (χ1n) is 7.30. The van der Waals surface area contributed by atoms with Crippen LogP contribution in [-0.2, 0) is 4.79 Å². The molecule has 0 bridgehead atoms. The largest absolute Gasteiger partial charge is 0.409 e. The maximum atomic E-state index is 12.3. The van der Waals surface area contributed by atoms with E-state index in [4.69, 9.17) is 10.9 Å². The van der Waals surface area contributed by atoms with Crippen molar-refractivity contribution >= 4 is 11.7 Å². The molecule has 1 aliphatic carbocycles. The molecule has 0 saturated heterocycles. The molecule has 5 heteroatoms. The SMILES string of the molecule is CC(C)N(CC/C(N)=N/O)C(=O)CC1CCCCC1. The number of amidine groups is 1. The summed E-state index contributed by atoms with van der Waals surface area (Å²) in [6.45, 7) is 4.54. The molecular weight excluding hydrogens is 242 g/mol. The van der Waals surface area contributed by atoms with E-state index in [9.17, 15) is 4.79 Å². The van der Waals surface area contributed by atoms with Crippen molar-refractivity contribution in [1.82, 2.24) is 4.90 Å². The fourth-order valence-corrected chi connectivity index (χ4v) is 2.71. The Hall–Kier alpha value is -1.26. The van der Waals surface area contributed by atoms with Crippen LogP contribution in [0.2, 0.25) is 0 Å². The predicted molar refractivity (Wildman–Crippen MR) is 76.1 cm³/mol. The van der Waals surface area contributed by atoms with Crippen LogP contribution in [0.4, 0.5) is 0 Å². The van der Waals surface area contributed by atoms with Crippen LogP contribution in [0.5, 0.6) is 0 Å². The number of carbonyl (C=O) groups excluding carboxylic acids is 1. The van der Waals surface area contributed by atoms with E-state index in [0.29, 0.717) is 25.3 Å². The Labute approximate surface area is 115 Å². The molecule has 0 aliphatic heterocycles. The van der Waals surface area contributed by atoms with Crippen LogP contribution in [-0.4, -0.2) is 34.4 Å². The summed E-state index contributed by atoms with van der Waals surface area (Å²) in [5.74, 6) is 0.926. The van der Waals surface area contributed by atoms with Crippen LogP contribution in [0.1, 0.15) is 58.8 Å². The van der Waals surface area contributed by atoms with Gasteiger partial charge >= 0.3 is 0 Å². The van der Waals surface area contributed by atoms with E-state index in [0.717, 1.165) is 0 Å². The summed E-state index contributed by atoms with van der Waals surface area (Å²) in [5, 5.41) is 11.5. The first-order chi connectivity index (χ1) is 9.04. The molecule has 1 saturated carbocycles. The average molecular weight is 269 g/mol. The molecule has 3 N–H and O–H groups in total. The van der Waals surface area contributed by atoms with Crippen LogP contribution in [0, 0.1) is 5.92 Å². The zero-order valence-electron chi connectivity index (χ0n) is 12.1. The van der Waals surface area contributed by atoms with Gasteiger partial charge in [-0.05, 0) is 32.6 Å². The van der Waals surface area contributed by atoms with E-state index in [2.05, 4.69) is 5.16 Å². The fourth-order valence-electron chi connectivity index (χ4n) is 2.71. The molecule has 0 aromatic heterocycles. The molecule has 1 fully saturated rings. The standard InChI is InChI=1S/C14H27N3O2/c1-11(2)17(9-8-13(15)16-19)14(18)10-12-6-4-3-5-7-12/h11-12,19H,3-10H2,1-2H3,(H2,15,16). The molecule has 110 valence electrons. The summed E-state index contributed by atoms with van der Waals surface area (Å²) in [4.78, 5) is 14.2. The maximum Gasteiger partial charge on any atom is 0.223 e. The molecule has 1 aliphatic rings. The summed E-state index contributed by atoms with van der Waals surface area (Å²) in [6.07, 6.45) is 7.24. The number of amides is 1. The van der Waals surface area contributed by atoms with Gasteiger partial charge in [0, 0.05) is 25.4 Å². The molecule has 5 nitrogen and oxygen atoms in total. The van der Waals surface area contributed by atoms with Gasteiger partial charge in [-0.15, -0.1) is 0 Å². The Kier molecular flexibility index (Phi) is 6.67. The van der Waals surface area contributed by atoms with Crippen molar-refractivity contribution in [2.45, 2.75) is 64.8 Å². The molecule has 0 heterocycles. The zero-order valence-corrected chi connectivity index (χ0v) is 12.1. The fraction of sp³-hybridized carbons (Fsp3) is 0.857. The minimum atomic E-state index is 0.155. The highest BCUT2D eigenvalue weighted by atomic mass is 16.4. The quantitative estimate of drug-likeness (QED) is 0.336. The normalized spacial score (nSPS) is 17.7. The predicted octanol–water partition coefficient (Wildman–Crippen LogP) is 2.33. The van der Waals surface area contributed by atoms with E-state index in [1.165, 1.54) is 32.1 Å². The van der Waals surface area contributed by atoms with Crippen LogP contribution < -0.4 is 5.73 Å². The third kappa shape index (κ3) is 5.49. The molecule has 1 amide bonds. The van der Waals surface area contributed by atoms with Crippen molar-refractivity contribution in [2.24, 2.45) is 16.8 Å². The lowest BCUT2D eigenvalue weighted by Crippen LogP contribution is -2.40. The lowest BCUT2D eigenvalue weighted by molar-refractivity contribution is -0.134. The first-order valence-corrected chi connectivity index (χ1v) is 7.30. The molecular formula is C14H27N3O2. The van der Waals surface area contributed by atoms with Crippen LogP contribution in [0.15, 0.2) is 5.16 Å². The van der Waals surface area contributed by atoms with Crippen molar-refractivity contribution in [3.63, 3.8) is 0 Å². The monoisotopic (exact) mass is 269 g/mol. The summed E-state index contributed by atoms with van der Waals surface area (Å²) in [7, 11) is 0. The number of nitrogens with zero attached hydrogens (tertiary/aromatic N) is 2. The summed E-state index contributed by atoms with van der Waals surface area (Å²) < 4.78 is 0. The van der Waals surface area contributed by atoms with Gasteiger partial charge in [0.25, 0.3) is 0 Å². The van der Waals surface area contributed by atoms with Gasteiger partial charge in [0.15, 0.2) is 0 Å². The smallest absolute Gasteiger partial charge is 0.223 e. The second-order valence-electron chi connectivity index (χ2n) is 5.73. The Morgan fingerprint density at radius 2 is 2.00 bits per heavy atom. The number of nitrogens with two attached hydrogens (primary N) is 1. The first kappa shape index (κ1) is 15.8. The third-order valence-corrected chi connectivity index (χ3v) is 3.87. The second-order valence-corrected chi connectivity index (χ2v) is 5.73.